The lowest BCUT2D eigenvalue weighted by atomic mass is 9.95. The molecule has 3 heteroatoms. The number of hydrogen-bond acceptors (Lipinski definition) is 2. The van der Waals surface area contributed by atoms with Gasteiger partial charge in [-0.15, -0.1) is 0 Å². The molecular weight excluding hydrogens is 227 g/mol. The van der Waals surface area contributed by atoms with Crippen LogP contribution in [-0.2, 0) is 6.42 Å². The van der Waals surface area contributed by atoms with E-state index in [1.165, 1.54) is 29.0 Å². The molecule has 0 amide bonds. The van der Waals surface area contributed by atoms with Gasteiger partial charge in [-0.05, 0) is 49.1 Å². The van der Waals surface area contributed by atoms with Crippen molar-refractivity contribution in [1.82, 2.24) is 4.98 Å². The lowest BCUT2D eigenvalue weighted by molar-refractivity contribution is 0.611. The fraction of sp³-hybridized carbons (Fsp3) is 0.267. The molecule has 2 aromatic rings. The van der Waals surface area contributed by atoms with E-state index in [0.29, 0.717) is 0 Å². The van der Waals surface area contributed by atoms with Gasteiger partial charge in [0, 0.05) is 0 Å². The third-order valence-electron chi connectivity index (χ3n) is 3.20. The Morgan fingerprint density at radius 3 is 2.39 bits per heavy atom. The molecule has 94 valence electrons. The molecule has 0 radical (unpaired) electrons. The largest absolute Gasteiger partial charge is 0.322 e. The molecule has 1 atom stereocenters. The molecule has 2 nitrogen and oxygen atoms in total. The highest BCUT2D eigenvalue weighted by atomic mass is 19.1. The second-order valence-electron chi connectivity index (χ2n) is 4.58. The molecule has 1 heterocycles. The Morgan fingerprint density at radius 1 is 1.17 bits per heavy atom. The Kier molecular flexibility index (Phi) is 3.72. The summed E-state index contributed by atoms with van der Waals surface area (Å²) in [6.45, 7) is 4.15. The smallest absolute Gasteiger partial charge is 0.141 e. The predicted molar refractivity (Wildman–Crippen MR) is 70.7 cm³/mol. The van der Waals surface area contributed by atoms with Crippen LogP contribution in [-0.4, -0.2) is 4.98 Å². The average molecular weight is 244 g/mol. The molecule has 18 heavy (non-hydrogen) atoms. The minimum Gasteiger partial charge on any atom is -0.322 e. The Morgan fingerprint density at radius 2 is 1.83 bits per heavy atom. The van der Waals surface area contributed by atoms with E-state index in [4.69, 9.17) is 5.73 Å². The van der Waals surface area contributed by atoms with Gasteiger partial charge in [0.25, 0.3) is 0 Å². The maximum Gasteiger partial charge on any atom is 0.141 e. The van der Waals surface area contributed by atoms with Gasteiger partial charge in [-0.25, -0.2) is 4.39 Å². The summed E-state index contributed by atoms with van der Waals surface area (Å²) in [6.07, 6.45) is 1.93. The van der Waals surface area contributed by atoms with E-state index in [-0.39, 0.29) is 11.9 Å². The van der Waals surface area contributed by atoms with Crippen molar-refractivity contribution >= 4 is 0 Å². The van der Waals surface area contributed by atoms with Gasteiger partial charge in [-0.3, -0.25) is 4.98 Å². The summed E-state index contributed by atoms with van der Waals surface area (Å²) in [5.74, 6) is -0.335. The summed E-state index contributed by atoms with van der Waals surface area (Å²) in [5, 5.41) is 0. The molecule has 0 fully saturated rings. The van der Waals surface area contributed by atoms with Crippen molar-refractivity contribution in [1.29, 1.82) is 0 Å². The number of aromatic nitrogens is 1. The molecule has 1 unspecified atom stereocenters. The van der Waals surface area contributed by atoms with E-state index < -0.39 is 0 Å². The zero-order valence-electron chi connectivity index (χ0n) is 10.7. The van der Waals surface area contributed by atoms with Gasteiger partial charge < -0.3 is 5.73 Å². The first kappa shape index (κ1) is 12.7. The first-order valence-corrected chi connectivity index (χ1v) is 6.00. The molecule has 0 spiro atoms. The number of aryl methyl sites for hydroxylation is 2. The summed E-state index contributed by atoms with van der Waals surface area (Å²) in [7, 11) is 0. The van der Waals surface area contributed by atoms with Gasteiger partial charge in [0.2, 0.25) is 0 Å². The Labute approximate surface area is 107 Å². The molecule has 2 N–H and O–H groups in total. The van der Waals surface area contributed by atoms with Crippen LogP contribution in [0.2, 0.25) is 0 Å². The Bertz CT molecular complexity index is 514. The SMILES string of the molecule is Cc1cccc(C)c1CC(N)c1ccc(F)cn1. The third kappa shape index (κ3) is 2.74. The first-order chi connectivity index (χ1) is 8.58. The van der Waals surface area contributed by atoms with Crippen molar-refractivity contribution in [3.05, 3.63) is 64.7 Å². The number of hydrogen-bond donors (Lipinski definition) is 1. The van der Waals surface area contributed by atoms with Gasteiger partial charge >= 0.3 is 0 Å². The lowest BCUT2D eigenvalue weighted by Gasteiger charge is -2.15. The predicted octanol–water partition coefficient (Wildman–Crippen LogP) is 3.08. The highest BCUT2D eigenvalue weighted by Gasteiger charge is 2.11. The number of benzene rings is 1. The molecule has 0 aliphatic carbocycles. The first-order valence-electron chi connectivity index (χ1n) is 6.00. The second-order valence-corrected chi connectivity index (χ2v) is 4.58. The lowest BCUT2D eigenvalue weighted by Crippen LogP contribution is -2.16. The van der Waals surface area contributed by atoms with Crippen LogP contribution in [0.5, 0.6) is 0 Å². The fourth-order valence-corrected chi connectivity index (χ4v) is 2.10. The number of rotatable bonds is 3. The van der Waals surface area contributed by atoms with E-state index >= 15 is 0 Å². The molecular formula is C15H17FN2. The average Bonchev–Trinajstić information content (AvgIpc) is 2.34. The van der Waals surface area contributed by atoms with Crippen LogP contribution in [0.3, 0.4) is 0 Å². The van der Waals surface area contributed by atoms with Crippen molar-refractivity contribution in [2.75, 3.05) is 0 Å². The van der Waals surface area contributed by atoms with Crippen LogP contribution in [0, 0.1) is 19.7 Å². The standard InChI is InChI=1S/C15H17FN2/c1-10-4-3-5-11(2)13(10)8-14(17)15-7-6-12(16)9-18-15/h3-7,9,14H,8,17H2,1-2H3. The van der Waals surface area contributed by atoms with Crippen molar-refractivity contribution in [3.8, 4) is 0 Å². The molecule has 0 bridgehead atoms. The van der Waals surface area contributed by atoms with E-state index in [1.54, 1.807) is 6.07 Å². The van der Waals surface area contributed by atoms with Crippen molar-refractivity contribution in [2.45, 2.75) is 26.3 Å². The molecule has 0 aliphatic rings. The maximum absolute atomic E-state index is 12.8. The van der Waals surface area contributed by atoms with Crippen LogP contribution >= 0.6 is 0 Å². The topological polar surface area (TPSA) is 38.9 Å². The summed E-state index contributed by atoms with van der Waals surface area (Å²) in [6, 6.07) is 9.03. The quantitative estimate of drug-likeness (QED) is 0.901. The fourth-order valence-electron chi connectivity index (χ4n) is 2.10. The van der Waals surface area contributed by atoms with Crippen molar-refractivity contribution < 1.29 is 4.39 Å². The number of nitrogens with two attached hydrogens (primary N) is 1. The summed E-state index contributed by atoms with van der Waals surface area (Å²) in [4.78, 5) is 4.03. The number of halogens is 1. The second kappa shape index (κ2) is 5.27. The van der Waals surface area contributed by atoms with Gasteiger partial charge in [-0.1, -0.05) is 18.2 Å². The van der Waals surface area contributed by atoms with Gasteiger partial charge in [0.05, 0.1) is 17.9 Å². The molecule has 0 saturated heterocycles. The maximum atomic E-state index is 12.8. The number of pyridine rings is 1. The van der Waals surface area contributed by atoms with Crippen LogP contribution < -0.4 is 5.73 Å². The Hall–Kier alpha value is -1.74. The summed E-state index contributed by atoms with van der Waals surface area (Å²) < 4.78 is 12.8. The van der Waals surface area contributed by atoms with Gasteiger partial charge in [0.1, 0.15) is 5.82 Å². The molecule has 0 aliphatic heterocycles. The number of nitrogens with zero attached hydrogens (tertiary/aromatic N) is 1. The van der Waals surface area contributed by atoms with Crippen LogP contribution in [0.1, 0.15) is 28.4 Å². The highest BCUT2D eigenvalue weighted by molar-refractivity contribution is 5.34. The van der Waals surface area contributed by atoms with E-state index in [1.807, 2.05) is 6.07 Å². The summed E-state index contributed by atoms with van der Waals surface area (Å²) in [5.41, 5.74) is 10.6. The summed E-state index contributed by atoms with van der Waals surface area (Å²) >= 11 is 0. The van der Waals surface area contributed by atoms with Crippen LogP contribution in [0.25, 0.3) is 0 Å². The zero-order chi connectivity index (χ0) is 13.1. The Balaban J connectivity index is 2.21. The van der Waals surface area contributed by atoms with Gasteiger partial charge in [-0.2, -0.15) is 0 Å². The highest BCUT2D eigenvalue weighted by Crippen LogP contribution is 2.20. The molecule has 1 aromatic carbocycles. The van der Waals surface area contributed by atoms with Crippen molar-refractivity contribution in [3.63, 3.8) is 0 Å². The monoisotopic (exact) mass is 244 g/mol. The van der Waals surface area contributed by atoms with E-state index in [9.17, 15) is 4.39 Å². The molecule has 1 aromatic heterocycles. The molecule has 0 saturated carbocycles. The van der Waals surface area contributed by atoms with Crippen LogP contribution in [0.15, 0.2) is 36.5 Å². The minimum atomic E-state index is -0.335. The normalized spacial score (nSPS) is 12.4. The van der Waals surface area contributed by atoms with Crippen LogP contribution in [0.4, 0.5) is 4.39 Å². The third-order valence-corrected chi connectivity index (χ3v) is 3.20. The molecule has 2 rings (SSSR count). The van der Waals surface area contributed by atoms with Gasteiger partial charge in [0.15, 0.2) is 0 Å². The minimum absolute atomic E-state index is 0.203. The van der Waals surface area contributed by atoms with E-state index in [2.05, 4.69) is 31.0 Å². The van der Waals surface area contributed by atoms with Crippen molar-refractivity contribution in [2.24, 2.45) is 5.73 Å². The van der Waals surface area contributed by atoms with E-state index in [0.717, 1.165) is 12.1 Å². The zero-order valence-corrected chi connectivity index (χ0v) is 10.7.